The highest BCUT2D eigenvalue weighted by molar-refractivity contribution is 5.69. The van der Waals surface area contributed by atoms with Gasteiger partial charge in [0.25, 0.3) is 0 Å². The molecule has 0 spiro atoms. The quantitative estimate of drug-likeness (QED) is 0.180. The van der Waals surface area contributed by atoms with Crippen LogP contribution in [-0.4, -0.2) is 54.9 Å². The van der Waals surface area contributed by atoms with Gasteiger partial charge in [-0.15, -0.1) is 0 Å². The van der Waals surface area contributed by atoms with Crippen LogP contribution in [0.4, 0.5) is 0 Å². The zero-order valence-electron chi connectivity index (χ0n) is 22.9. The van der Waals surface area contributed by atoms with E-state index in [-0.39, 0.29) is 30.9 Å². The molecule has 3 aliphatic heterocycles. The molecule has 0 aromatic carbocycles. The summed E-state index contributed by atoms with van der Waals surface area (Å²) >= 11 is 0. The molecule has 3 heterocycles. The van der Waals surface area contributed by atoms with Crippen molar-refractivity contribution in [1.29, 1.82) is 0 Å². The van der Waals surface area contributed by atoms with E-state index in [2.05, 4.69) is 6.92 Å². The largest absolute Gasteiger partial charge is 0.463 e. The summed E-state index contributed by atoms with van der Waals surface area (Å²) < 4.78 is 35.8. The molecule has 3 saturated heterocycles. The van der Waals surface area contributed by atoms with Crippen molar-refractivity contribution >= 4 is 5.97 Å². The van der Waals surface area contributed by atoms with E-state index in [1.165, 1.54) is 70.6 Å². The molecule has 5 atom stereocenters. The van der Waals surface area contributed by atoms with Crippen molar-refractivity contribution in [2.24, 2.45) is 0 Å². The van der Waals surface area contributed by atoms with E-state index in [0.29, 0.717) is 6.42 Å². The minimum atomic E-state index is -0.754. The highest BCUT2D eigenvalue weighted by atomic mass is 16.9. The van der Waals surface area contributed by atoms with Crippen molar-refractivity contribution in [3.63, 3.8) is 0 Å². The highest BCUT2D eigenvalue weighted by Crippen LogP contribution is 2.44. The van der Waals surface area contributed by atoms with Crippen LogP contribution in [0.5, 0.6) is 0 Å². The van der Waals surface area contributed by atoms with Crippen molar-refractivity contribution < 1.29 is 33.2 Å². The van der Waals surface area contributed by atoms with Gasteiger partial charge in [-0.3, -0.25) is 4.79 Å². The summed E-state index contributed by atoms with van der Waals surface area (Å²) in [5, 5.41) is 0. The average molecular weight is 499 g/mol. The maximum atomic E-state index is 12.3. The molecule has 3 fully saturated rings. The summed E-state index contributed by atoms with van der Waals surface area (Å²) in [7, 11) is 0. The molecule has 0 amide bonds. The Hall–Kier alpha value is -0.730. The van der Waals surface area contributed by atoms with Crippen LogP contribution in [-0.2, 0) is 33.2 Å². The van der Waals surface area contributed by atoms with Gasteiger partial charge in [-0.1, -0.05) is 84.0 Å². The zero-order chi connectivity index (χ0) is 25.3. The van der Waals surface area contributed by atoms with Crippen LogP contribution >= 0.6 is 0 Å². The molecule has 7 heteroatoms. The van der Waals surface area contributed by atoms with E-state index < -0.39 is 24.0 Å². The Morgan fingerprint density at radius 2 is 1.14 bits per heavy atom. The van der Waals surface area contributed by atoms with Crippen molar-refractivity contribution in [3.8, 4) is 0 Å². The first-order valence-electron chi connectivity index (χ1n) is 14.2. The molecule has 7 nitrogen and oxygen atoms in total. The normalized spacial score (nSPS) is 30.7. The molecule has 0 unspecified atom stereocenters. The highest BCUT2D eigenvalue weighted by Gasteiger charge is 2.60. The number of rotatable bonds is 16. The van der Waals surface area contributed by atoms with Crippen molar-refractivity contribution in [2.75, 3.05) is 6.61 Å². The fourth-order valence-electron chi connectivity index (χ4n) is 5.36. The monoisotopic (exact) mass is 498 g/mol. The lowest BCUT2D eigenvalue weighted by molar-refractivity contribution is -0.242. The second-order valence-corrected chi connectivity index (χ2v) is 11.4. The number of ether oxygens (including phenoxy) is 6. The Morgan fingerprint density at radius 3 is 1.74 bits per heavy atom. The number of fused-ring (bicyclic) bond motifs is 3. The molecule has 3 aliphatic rings. The summed E-state index contributed by atoms with van der Waals surface area (Å²) in [6.45, 7) is 9.86. The Balaban J connectivity index is 1.25. The van der Waals surface area contributed by atoms with Crippen molar-refractivity contribution in [2.45, 2.75) is 167 Å². The van der Waals surface area contributed by atoms with Gasteiger partial charge in [0.1, 0.15) is 31.0 Å². The second kappa shape index (κ2) is 13.7. The zero-order valence-corrected chi connectivity index (χ0v) is 22.9. The van der Waals surface area contributed by atoms with Gasteiger partial charge in [0.15, 0.2) is 17.9 Å². The summed E-state index contributed by atoms with van der Waals surface area (Å²) in [5.41, 5.74) is 0. The Labute approximate surface area is 212 Å². The molecular formula is C28H50O7. The van der Waals surface area contributed by atoms with Crippen LogP contribution in [0.3, 0.4) is 0 Å². The maximum absolute atomic E-state index is 12.3. The van der Waals surface area contributed by atoms with Gasteiger partial charge in [-0.2, -0.15) is 0 Å². The molecule has 204 valence electrons. The number of carbonyl (C=O) groups excluding carboxylic acids is 1. The Bertz CT molecular complexity index is 635. The lowest BCUT2D eigenvalue weighted by Crippen LogP contribution is -2.56. The molecule has 0 aliphatic carbocycles. The lowest BCUT2D eigenvalue weighted by atomic mass is 9.99. The van der Waals surface area contributed by atoms with Gasteiger partial charge in [0.2, 0.25) is 0 Å². The summed E-state index contributed by atoms with van der Waals surface area (Å²) in [5.74, 6) is -1.69. The summed E-state index contributed by atoms with van der Waals surface area (Å²) in [4.78, 5) is 12.3. The third-order valence-electron chi connectivity index (χ3n) is 7.14. The topological polar surface area (TPSA) is 72.5 Å². The molecule has 0 aromatic heterocycles. The minimum Gasteiger partial charge on any atom is -0.463 e. The van der Waals surface area contributed by atoms with E-state index in [4.69, 9.17) is 28.4 Å². The number of unbranched alkanes of at least 4 members (excludes halogenated alkanes) is 12. The van der Waals surface area contributed by atoms with Crippen molar-refractivity contribution in [3.05, 3.63) is 0 Å². The molecule has 35 heavy (non-hydrogen) atoms. The second-order valence-electron chi connectivity index (χ2n) is 11.4. The predicted octanol–water partition coefficient (Wildman–Crippen LogP) is 6.41. The van der Waals surface area contributed by atoms with Crippen LogP contribution < -0.4 is 0 Å². The van der Waals surface area contributed by atoms with Crippen molar-refractivity contribution in [1.82, 2.24) is 0 Å². The van der Waals surface area contributed by atoms with Crippen LogP contribution in [0.15, 0.2) is 0 Å². The van der Waals surface area contributed by atoms with Crippen LogP contribution in [0, 0.1) is 0 Å². The third kappa shape index (κ3) is 9.26. The number of esters is 1. The first-order chi connectivity index (χ1) is 16.7. The number of hydrogen-bond acceptors (Lipinski definition) is 7. The first kappa shape index (κ1) is 28.8. The molecule has 0 saturated carbocycles. The van der Waals surface area contributed by atoms with Gasteiger partial charge in [-0.05, 0) is 34.1 Å². The van der Waals surface area contributed by atoms with Crippen LogP contribution in [0.25, 0.3) is 0 Å². The van der Waals surface area contributed by atoms with Crippen LogP contribution in [0.1, 0.15) is 125 Å². The van der Waals surface area contributed by atoms with Gasteiger partial charge in [0.05, 0.1) is 0 Å². The summed E-state index contributed by atoms with van der Waals surface area (Å²) in [6.07, 6.45) is 15.1. The van der Waals surface area contributed by atoms with E-state index in [9.17, 15) is 4.79 Å². The standard InChI is InChI=1S/C28H50O7/c1-6-7-8-9-10-11-12-13-14-15-16-17-18-19-22(29)30-20-21-23-24(33-27(2,3)32-23)25-26(31-21)35-28(4,5)34-25/h21,23-26H,6-20H2,1-5H3/t21-,23-,24-,25+,26+/m0/s1. The Kier molecular flexibility index (Phi) is 11.3. The SMILES string of the molecule is CCCCCCCCCCCCCCCC(=O)OC[C@@H]1O[C@@H]2OC(C)(C)O[C@@H]2[C@H]2OC(C)(C)O[C@H]21. The number of hydrogen-bond donors (Lipinski definition) is 0. The third-order valence-corrected chi connectivity index (χ3v) is 7.14. The van der Waals surface area contributed by atoms with E-state index >= 15 is 0 Å². The molecular weight excluding hydrogens is 448 g/mol. The van der Waals surface area contributed by atoms with E-state index in [1.807, 2.05) is 27.7 Å². The average Bonchev–Trinajstić information content (AvgIpc) is 3.29. The molecule has 0 N–H and O–H groups in total. The first-order valence-corrected chi connectivity index (χ1v) is 14.2. The van der Waals surface area contributed by atoms with Gasteiger partial charge in [0, 0.05) is 6.42 Å². The van der Waals surface area contributed by atoms with Gasteiger partial charge < -0.3 is 28.4 Å². The van der Waals surface area contributed by atoms with Gasteiger partial charge in [-0.25, -0.2) is 0 Å². The molecule has 0 aromatic rings. The smallest absolute Gasteiger partial charge is 0.305 e. The number of carbonyl (C=O) groups is 1. The van der Waals surface area contributed by atoms with E-state index in [1.54, 1.807) is 0 Å². The minimum absolute atomic E-state index is 0.130. The fraction of sp³-hybridized carbons (Fsp3) is 0.964. The molecule has 0 radical (unpaired) electrons. The lowest BCUT2D eigenvalue weighted by Gasteiger charge is -2.36. The molecule has 3 rings (SSSR count). The van der Waals surface area contributed by atoms with Gasteiger partial charge >= 0.3 is 5.97 Å². The fourth-order valence-corrected chi connectivity index (χ4v) is 5.36. The predicted molar refractivity (Wildman–Crippen MR) is 134 cm³/mol. The maximum Gasteiger partial charge on any atom is 0.305 e. The van der Waals surface area contributed by atoms with E-state index in [0.717, 1.165) is 12.8 Å². The summed E-state index contributed by atoms with van der Waals surface area (Å²) in [6, 6.07) is 0. The molecule has 0 bridgehead atoms. The Morgan fingerprint density at radius 1 is 0.657 bits per heavy atom. The van der Waals surface area contributed by atoms with Crippen LogP contribution in [0.2, 0.25) is 0 Å².